The maximum atomic E-state index is 10.8. The summed E-state index contributed by atoms with van der Waals surface area (Å²) in [6.45, 7) is 12.9. The van der Waals surface area contributed by atoms with Crippen molar-refractivity contribution in [3.8, 4) is 0 Å². The number of H-pyrrole nitrogens is 1. The number of benzene rings is 1. The highest BCUT2D eigenvalue weighted by molar-refractivity contribution is 6.07. The van der Waals surface area contributed by atoms with Crippen LogP contribution < -0.4 is 10.6 Å². The first-order valence-corrected chi connectivity index (χ1v) is 14.9. The van der Waals surface area contributed by atoms with Crippen LogP contribution in [0.1, 0.15) is 38.9 Å². The first-order valence-electron chi connectivity index (χ1n) is 14.9. The second-order valence-electron chi connectivity index (χ2n) is 10.4. The zero-order valence-electron chi connectivity index (χ0n) is 24.7. The summed E-state index contributed by atoms with van der Waals surface area (Å²) in [4.78, 5) is 28.6. The van der Waals surface area contributed by atoms with Gasteiger partial charge in [-0.3, -0.25) is 9.69 Å². The van der Waals surface area contributed by atoms with E-state index >= 15 is 0 Å². The summed E-state index contributed by atoms with van der Waals surface area (Å²) in [5.74, 6) is 1.62. The number of anilines is 2. The highest BCUT2D eigenvalue weighted by Gasteiger charge is 2.19. The lowest BCUT2D eigenvalue weighted by atomic mass is 10.1. The number of piperazine rings is 1. The molecule has 226 valence electrons. The number of pyridine rings is 1. The zero-order valence-corrected chi connectivity index (χ0v) is 24.7. The summed E-state index contributed by atoms with van der Waals surface area (Å²) >= 11 is 0. The largest absolute Gasteiger partial charge is 0.382 e. The van der Waals surface area contributed by atoms with Crippen molar-refractivity contribution in [2.24, 2.45) is 0 Å². The monoisotopic (exact) mass is 570 g/mol. The summed E-state index contributed by atoms with van der Waals surface area (Å²) < 4.78 is 22.1. The van der Waals surface area contributed by atoms with Crippen molar-refractivity contribution in [1.29, 1.82) is 0 Å². The Labute approximate surface area is 242 Å². The number of carbonyl (C=O) groups is 1. The van der Waals surface area contributed by atoms with Gasteiger partial charge in [-0.15, -0.1) is 0 Å². The van der Waals surface area contributed by atoms with Crippen molar-refractivity contribution in [3.05, 3.63) is 24.0 Å². The summed E-state index contributed by atoms with van der Waals surface area (Å²) in [5, 5.41) is 1.05. The maximum Gasteiger partial charge on any atom is 0.150 e. The van der Waals surface area contributed by atoms with Crippen LogP contribution in [0.2, 0.25) is 0 Å². The van der Waals surface area contributed by atoms with E-state index in [-0.39, 0.29) is 5.78 Å². The standard InChI is InChI=1S/C30H46N6O5/c1-3-4-5-27-33-28-25-22-24(6-7-26(25)32-30(31)29(28)34-27)36-11-9-35(10-12-36)13-15-39-17-19-41-21-20-40-18-16-38-14-8-23(2)37/h6-7,22H,3-5,8-21H2,1-2H3,(H2,31,32)(H,33,34). The molecule has 0 atom stereocenters. The van der Waals surface area contributed by atoms with E-state index in [0.29, 0.717) is 65.1 Å². The molecular formula is C30H46N6O5. The second-order valence-corrected chi connectivity index (χ2v) is 10.4. The normalized spacial score (nSPS) is 14.4. The molecule has 0 radical (unpaired) electrons. The number of nitrogens with two attached hydrogens (primary N) is 1. The molecule has 0 unspecified atom stereocenters. The number of aryl methyl sites for hydroxylation is 1. The number of rotatable bonds is 19. The van der Waals surface area contributed by atoms with Crippen LogP contribution in [0.25, 0.3) is 21.9 Å². The van der Waals surface area contributed by atoms with Crippen LogP contribution in [0, 0.1) is 0 Å². The van der Waals surface area contributed by atoms with Crippen molar-refractivity contribution in [3.63, 3.8) is 0 Å². The minimum absolute atomic E-state index is 0.138. The zero-order chi connectivity index (χ0) is 28.9. The number of fused-ring (bicyclic) bond motifs is 3. The molecule has 0 amide bonds. The van der Waals surface area contributed by atoms with Gasteiger partial charge in [0.1, 0.15) is 28.5 Å². The number of imidazole rings is 1. The smallest absolute Gasteiger partial charge is 0.150 e. The van der Waals surface area contributed by atoms with E-state index in [1.165, 1.54) is 5.69 Å². The second kappa shape index (κ2) is 16.6. The highest BCUT2D eigenvalue weighted by Crippen LogP contribution is 2.30. The van der Waals surface area contributed by atoms with Gasteiger partial charge in [0.05, 0.1) is 58.4 Å². The number of nitrogens with one attached hydrogen (secondary N) is 1. The van der Waals surface area contributed by atoms with Crippen molar-refractivity contribution >= 4 is 39.2 Å². The number of unbranched alkanes of at least 4 members (excludes halogenated alkanes) is 1. The van der Waals surface area contributed by atoms with Crippen molar-refractivity contribution in [2.45, 2.75) is 39.5 Å². The van der Waals surface area contributed by atoms with E-state index in [9.17, 15) is 4.79 Å². The molecule has 0 bridgehead atoms. The van der Waals surface area contributed by atoms with Gasteiger partial charge < -0.3 is 34.6 Å². The third-order valence-electron chi connectivity index (χ3n) is 7.26. The third kappa shape index (κ3) is 9.61. The topological polar surface area (TPSA) is 128 Å². The molecule has 3 N–H and O–H groups in total. The molecule has 1 aromatic carbocycles. The Morgan fingerprint density at radius 2 is 1.59 bits per heavy atom. The quantitative estimate of drug-likeness (QED) is 0.207. The van der Waals surface area contributed by atoms with Gasteiger partial charge in [0, 0.05) is 56.6 Å². The fourth-order valence-corrected chi connectivity index (χ4v) is 4.86. The first kappa shape index (κ1) is 31.1. The van der Waals surface area contributed by atoms with Crippen molar-refractivity contribution < 1.29 is 23.7 Å². The fourth-order valence-electron chi connectivity index (χ4n) is 4.86. The number of hydrogen-bond acceptors (Lipinski definition) is 10. The summed E-state index contributed by atoms with van der Waals surface area (Å²) in [6.07, 6.45) is 3.59. The van der Waals surface area contributed by atoms with Gasteiger partial charge in [0.2, 0.25) is 0 Å². The van der Waals surface area contributed by atoms with Crippen molar-refractivity contribution in [1.82, 2.24) is 19.9 Å². The molecular weight excluding hydrogens is 524 g/mol. The van der Waals surface area contributed by atoms with Crippen LogP contribution >= 0.6 is 0 Å². The molecule has 3 aromatic rings. The van der Waals surface area contributed by atoms with E-state index < -0.39 is 0 Å². The molecule has 0 saturated carbocycles. The van der Waals surface area contributed by atoms with Crippen LogP contribution in [0.3, 0.4) is 0 Å². The molecule has 1 saturated heterocycles. The Morgan fingerprint density at radius 1 is 0.927 bits per heavy atom. The van der Waals surface area contributed by atoms with Gasteiger partial charge >= 0.3 is 0 Å². The van der Waals surface area contributed by atoms with Gasteiger partial charge in [0.25, 0.3) is 0 Å². The van der Waals surface area contributed by atoms with Gasteiger partial charge in [-0.25, -0.2) is 9.97 Å². The number of hydrogen-bond donors (Lipinski definition) is 2. The number of aromatic nitrogens is 3. The number of carbonyl (C=O) groups excluding carboxylic acids is 1. The molecule has 1 aliphatic rings. The lowest BCUT2D eigenvalue weighted by Crippen LogP contribution is -2.47. The SMILES string of the molecule is CCCCc1nc2c([nH]1)c(N)nc1ccc(N3CCN(CCOCCOCCOCCOCCC(C)=O)CC3)cc12. The number of nitrogens with zero attached hydrogens (tertiary/aromatic N) is 4. The Hall–Kier alpha value is -2.83. The van der Waals surface area contributed by atoms with E-state index in [2.05, 4.69) is 44.9 Å². The first-order chi connectivity index (χ1) is 20.0. The van der Waals surface area contributed by atoms with Crippen LogP contribution in [0.5, 0.6) is 0 Å². The average Bonchev–Trinajstić information content (AvgIpc) is 3.42. The minimum Gasteiger partial charge on any atom is -0.382 e. The van der Waals surface area contributed by atoms with E-state index in [0.717, 1.165) is 79.7 Å². The third-order valence-corrected chi connectivity index (χ3v) is 7.26. The van der Waals surface area contributed by atoms with Gasteiger partial charge in [-0.2, -0.15) is 0 Å². The van der Waals surface area contributed by atoms with Crippen LogP contribution in [-0.4, -0.2) is 111 Å². The summed E-state index contributed by atoms with van der Waals surface area (Å²) in [7, 11) is 0. The Kier molecular flexibility index (Phi) is 12.6. The van der Waals surface area contributed by atoms with Gasteiger partial charge in [-0.05, 0) is 31.5 Å². The van der Waals surface area contributed by atoms with Gasteiger partial charge in [0.15, 0.2) is 0 Å². The van der Waals surface area contributed by atoms with Crippen LogP contribution in [-0.2, 0) is 30.2 Å². The highest BCUT2D eigenvalue weighted by atomic mass is 16.6. The molecule has 11 heteroatoms. The van der Waals surface area contributed by atoms with Crippen LogP contribution in [0.4, 0.5) is 11.5 Å². The lowest BCUT2D eigenvalue weighted by Gasteiger charge is -2.36. The Morgan fingerprint density at radius 3 is 2.24 bits per heavy atom. The lowest BCUT2D eigenvalue weighted by molar-refractivity contribution is -0.118. The Bertz CT molecular complexity index is 1230. The number of Topliss-reactive ketones (excluding diaryl/α,β-unsaturated/α-hetero) is 1. The maximum absolute atomic E-state index is 10.8. The fraction of sp³-hybridized carbons (Fsp3) is 0.633. The summed E-state index contributed by atoms with van der Waals surface area (Å²) in [6, 6.07) is 6.41. The van der Waals surface area contributed by atoms with E-state index in [1.807, 2.05) is 0 Å². The molecule has 41 heavy (non-hydrogen) atoms. The summed E-state index contributed by atoms with van der Waals surface area (Å²) in [5.41, 5.74) is 10.1. The van der Waals surface area contributed by atoms with Crippen LogP contribution in [0.15, 0.2) is 18.2 Å². The minimum atomic E-state index is 0.138. The number of nitrogen functional groups attached to an aromatic ring is 1. The molecule has 0 spiro atoms. The Balaban J connectivity index is 1.10. The molecule has 11 nitrogen and oxygen atoms in total. The predicted molar refractivity (Wildman–Crippen MR) is 162 cm³/mol. The molecule has 4 rings (SSSR count). The number of ketones is 1. The molecule has 3 heterocycles. The van der Waals surface area contributed by atoms with Crippen molar-refractivity contribution in [2.75, 3.05) is 96.2 Å². The van der Waals surface area contributed by atoms with E-state index in [4.69, 9.17) is 29.7 Å². The van der Waals surface area contributed by atoms with E-state index in [1.54, 1.807) is 6.92 Å². The molecule has 0 aliphatic carbocycles. The molecule has 2 aromatic heterocycles. The average molecular weight is 571 g/mol. The molecule has 1 aliphatic heterocycles. The molecule has 1 fully saturated rings. The number of ether oxygens (including phenoxy) is 4. The van der Waals surface area contributed by atoms with Gasteiger partial charge in [-0.1, -0.05) is 13.3 Å². The predicted octanol–water partition coefficient (Wildman–Crippen LogP) is 3.20. The number of aromatic amines is 1.